The Morgan fingerprint density at radius 3 is 2.96 bits per heavy atom. The Bertz CT molecular complexity index is 379. The van der Waals surface area contributed by atoms with Gasteiger partial charge in [-0.25, -0.2) is 0 Å². The number of nitrogens with zero attached hydrogens (tertiary/aromatic N) is 1. The first-order chi connectivity index (χ1) is 11.4. The summed E-state index contributed by atoms with van der Waals surface area (Å²) >= 11 is 0. The first-order valence-corrected chi connectivity index (χ1v) is 8.74. The van der Waals surface area contributed by atoms with Crippen LogP contribution in [0, 0.1) is 5.92 Å². The van der Waals surface area contributed by atoms with E-state index in [2.05, 4.69) is 21.7 Å². The molecule has 1 fully saturated rings. The number of aliphatic imine (C=N–C) groups is 1. The van der Waals surface area contributed by atoms with Gasteiger partial charge in [-0.3, -0.25) is 4.99 Å². The fraction of sp³-hybridized carbons (Fsp3) is 0.824. The van der Waals surface area contributed by atoms with Crippen LogP contribution in [0.4, 0.5) is 0 Å². The van der Waals surface area contributed by atoms with Crippen molar-refractivity contribution < 1.29 is 14.2 Å². The SMILES string of the molecule is CN=C(NCCCOCC1CCOC1)NCCC1=CCOCC1. The summed E-state index contributed by atoms with van der Waals surface area (Å²) in [5, 5.41) is 6.68. The minimum atomic E-state index is 0.594. The zero-order valence-electron chi connectivity index (χ0n) is 14.3. The van der Waals surface area contributed by atoms with Gasteiger partial charge < -0.3 is 24.8 Å². The predicted octanol–water partition coefficient (Wildman–Crippen LogP) is 1.33. The normalized spacial score (nSPS) is 22.0. The van der Waals surface area contributed by atoms with Crippen LogP contribution in [-0.4, -0.2) is 65.7 Å². The van der Waals surface area contributed by atoms with Gasteiger partial charge >= 0.3 is 0 Å². The average molecular weight is 325 g/mol. The van der Waals surface area contributed by atoms with Crippen LogP contribution >= 0.6 is 0 Å². The zero-order valence-corrected chi connectivity index (χ0v) is 14.3. The lowest BCUT2D eigenvalue weighted by Gasteiger charge is -2.15. The summed E-state index contributed by atoms with van der Waals surface area (Å²) in [4.78, 5) is 4.24. The molecule has 2 aliphatic heterocycles. The van der Waals surface area contributed by atoms with Crippen molar-refractivity contribution in [2.24, 2.45) is 10.9 Å². The molecule has 23 heavy (non-hydrogen) atoms. The average Bonchev–Trinajstić information content (AvgIpc) is 3.10. The Morgan fingerprint density at radius 2 is 2.22 bits per heavy atom. The van der Waals surface area contributed by atoms with Crippen molar-refractivity contribution in [3.05, 3.63) is 11.6 Å². The third kappa shape index (κ3) is 7.81. The second-order valence-electron chi connectivity index (χ2n) is 6.02. The molecule has 6 heteroatoms. The van der Waals surface area contributed by atoms with Crippen LogP contribution in [0.15, 0.2) is 16.6 Å². The van der Waals surface area contributed by atoms with Crippen LogP contribution in [0.3, 0.4) is 0 Å². The highest BCUT2D eigenvalue weighted by Crippen LogP contribution is 2.12. The molecule has 0 amide bonds. The van der Waals surface area contributed by atoms with Gasteiger partial charge in [0.2, 0.25) is 0 Å². The molecule has 0 aliphatic carbocycles. The van der Waals surface area contributed by atoms with E-state index in [-0.39, 0.29) is 0 Å². The number of rotatable bonds is 9. The van der Waals surface area contributed by atoms with Crippen LogP contribution in [0.1, 0.15) is 25.7 Å². The smallest absolute Gasteiger partial charge is 0.190 e. The monoisotopic (exact) mass is 325 g/mol. The second kappa shape index (κ2) is 11.4. The molecule has 2 heterocycles. The number of hydrogen-bond donors (Lipinski definition) is 2. The maximum Gasteiger partial charge on any atom is 0.190 e. The largest absolute Gasteiger partial charge is 0.381 e. The van der Waals surface area contributed by atoms with Crippen molar-refractivity contribution in [2.45, 2.75) is 25.7 Å². The van der Waals surface area contributed by atoms with Crippen LogP contribution in [0.5, 0.6) is 0 Å². The summed E-state index contributed by atoms with van der Waals surface area (Å²) < 4.78 is 16.3. The molecule has 1 saturated heterocycles. The molecule has 6 nitrogen and oxygen atoms in total. The predicted molar refractivity (Wildman–Crippen MR) is 91.9 cm³/mol. The lowest BCUT2D eigenvalue weighted by Crippen LogP contribution is -2.38. The van der Waals surface area contributed by atoms with Gasteiger partial charge in [0.05, 0.1) is 26.4 Å². The quantitative estimate of drug-likeness (QED) is 0.290. The summed E-state index contributed by atoms with van der Waals surface area (Å²) in [5.41, 5.74) is 1.48. The Labute approximate surface area is 139 Å². The van der Waals surface area contributed by atoms with Gasteiger partial charge in [0.25, 0.3) is 0 Å². The molecular weight excluding hydrogens is 294 g/mol. The number of ether oxygens (including phenoxy) is 3. The summed E-state index contributed by atoms with van der Waals surface area (Å²) in [7, 11) is 1.81. The van der Waals surface area contributed by atoms with E-state index < -0.39 is 0 Å². The third-order valence-corrected chi connectivity index (χ3v) is 4.15. The molecule has 2 aliphatic rings. The molecule has 1 atom stereocenters. The lowest BCUT2D eigenvalue weighted by molar-refractivity contribution is 0.0888. The van der Waals surface area contributed by atoms with Crippen molar-refractivity contribution in [1.29, 1.82) is 0 Å². The summed E-state index contributed by atoms with van der Waals surface area (Å²) in [6, 6.07) is 0. The highest BCUT2D eigenvalue weighted by Gasteiger charge is 2.15. The van der Waals surface area contributed by atoms with Crippen LogP contribution in [0.2, 0.25) is 0 Å². The van der Waals surface area contributed by atoms with Gasteiger partial charge in [-0.2, -0.15) is 0 Å². The highest BCUT2D eigenvalue weighted by atomic mass is 16.5. The topological polar surface area (TPSA) is 64.1 Å². The van der Waals surface area contributed by atoms with Crippen molar-refractivity contribution in [2.75, 3.05) is 59.8 Å². The molecule has 1 unspecified atom stereocenters. The summed E-state index contributed by atoms with van der Waals surface area (Å²) in [6.07, 6.45) is 6.41. The first-order valence-electron chi connectivity index (χ1n) is 8.74. The first kappa shape index (κ1) is 18.2. The minimum Gasteiger partial charge on any atom is -0.381 e. The number of guanidine groups is 1. The van der Waals surface area contributed by atoms with Gasteiger partial charge in [-0.05, 0) is 25.7 Å². The van der Waals surface area contributed by atoms with Gasteiger partial charge in [-0.15, -0.1) is 0 Å². The van der Waals surface area contributed by atoms with Crippen LogP contribution < -0.4 is 10.6 Å². The van der Waals surface area contributed by atoms with Gasteiger partial charge in [0.15, 0.2) is 5.96 Å². The van der Waals surface area contributed by atoms with Gasteiger partial charge in [0.1, 0.15) is 0 Å². The van der Waals surface area contributed by atoms with Crippen LogP contribution in [0.25, 0.3) is 0 Å². The van der Waals surface area contributed by atoms with E-state index in [1.807, 2.05) is 0 Å². The molecule has 132 valence electrons. The van der Waals surface area contributed by atoms with E-state index in [9.17, 15) is 0 Å². The molecule has 2 rings (SSSR count). The fourth-order valence-corrected chi connectivity index (χ4v) is 2.70. The summed E-state index contributed by atoms with van der Waals surface area (Å²) in [6.45, 7) is 6.75. The summed E-state index contributed by atoms with van der Waals surface area (Å²) in [5.74, 6) is 1.46. The lowest BCUT2D eigenvalue weighted by atomic mass is 10.1. The van der Waals surface area contributed by atoms with Gasteiger partial charge in [0, 0.05) is 39.3 Å². The molecule has 0 aromatic heterocycles. The maximum atomic E-state index is 5.69. The molecule has 2 N–H and O–H groups in total. The molecule has 0 saturated carbocycles. The fourth-order valence-electron chi connectivity index (χ4n) is 2.70. The second-order valence-corrected chi connectivity index (χ2v) is 6.02. The Morgan fingerprint density at radius 1 is 1.30 bits per heavy atom. The number of hydrogen-bond acceptors (Lipinski definition) is 4. The van der Waals surface area contributed by atoms with E-state index in [4.69, 9.17) is 14.2 Å². The molecular formula is C17H31N3O3. The zero-order chi connectivity index (χ0) is 16.2. The number of nitrogens with one attached hydrogen (secondary N) is 2. The Kier molecular flexibility index (Phi) is 9.06. The molecule has 0 bridgehead atoms. The van der Waals surface area contributed by atoms with E-state index >= 15 is 0 Å². The maximum absolute atomic E-state index is 5.69. The molecule has 0 radical (unpaired) electrons. The van der Waals surface area contributed by atoms with E-state index in [0.717, 1.165) is 84.4 Å². The third-order valence-electron chi connectivity index (χ3n) is 4.15. The standard InChI is InChI=1S/C17H31N3O3/c1-18-17(20-8-3-15-4-10-21-11-5-15)19-7-2-9-22-13-16-6-12-23-14-16/h4,16H,2-3,5-14H2,1H3,(H2,18,19,20). The van der Waals surface area contributed by atoms with Crippen LogP contribution in [-0.2, 0) is 14.2 Å². The highest BCUT2D eigenvalue weighted by molar-refractivity contribution is 5.79. The molecule has 0 aromatic carbocycles. The van der Waals surface area contributed by atoms with E-state index in [0.29, 0.717) is 5.92 Å². The molecule has 0 aromatic rings. The van der Waals surface area contributed by atoms with Crippen molar-refractivity contribution in [3.63, 3.8) is 0 Å². The van der Waals surface area contributed by atoms with Crippen molar-refractivity contribution >= 4 is 5.96 Å². The Balaban J connectivity index is 1.45. The Hall–Kier alpha value is -1.11. The van der Waals surface area contributed by atoms with Gasteiger partial charge in [-0.1, -0.05) is 11.6 Å². The van der Waals surface area contributed by atoms with Crippen molar-refractivity contribution in [1.82, 2.24) is 10.6 Å². The van der Waals surface area contributed by atoms with Crippen molar-refractivity contribution in [3.8, 4) is 0 Å². The van der Waals surface area contributed by atoms with E-state index in [1.165, 1.54) is 5.57 Å². The van der Waals surface area contributed by atoms with E-state index in [1.54, 1.807) is 7.05 Å². The molecule has 0 spiro atoms. The minimum absolute atomic E-state index is 0.594.